The van der Waals surface area contributed by atoms with Crippen LogP contribution in [0.4, 0.5) is 0 Å². The summed E-state index contributed by atoms with van der Waals surface area (Å²) < 4.78 is 10.6. The van der Waals surface area contributed by atoms with Crippen molar-refractivity contribution in [2.24, 2.45) is 0 Å². The highest BCUT2D eigenvalue weighted by Crippen LogP contribution is 2.35. The van der Waals surface area contributed by atoms with Gasteiger partial charge in [-0.25, -0.2) is 4.79 Å². The van der Waals surface area contributed by atoms with Crippen LogP contribution in [0.15, 0.2) is 40.8 Å². The quantitative estimate of drug-likeness (QED) is 0.904. The molecule has 1 aromatic heterocycles. The molecular formula is C16H15NO5. The second-order valence-electron chi connectivity index (χ2n) is 5.19. The first-order chi connectivity index (χ1) is 10.6. The minimum absolute atomic E-state index is 0.0172. The Bertz CT molecular complexity index is 721. The summed E-state index contributed by atoms with van der Waals surface area (Å²) in [7, 11) is 0. The number of nitrogens with one attached hydrogen (secondary N) is 1. The second-order valence-corrected chi connectivity index (χ2v) is 5.19. The van der Waals surface area contributed by atoms with E-state index >= 15 is 0 Å². The number of benzene rings is 1. The van der Waals surface area contributed by atoms with Gasteiger partial charge in [-0.1, -0.05) is 18.2 Å². The number of rotatable bonds is 4. The summed E-state index contributed by atoms with van der Waals surface area (Å²) in [6, 6.07) is 10.2. The topological polar surface area (TPSA) is 88.8 Å². The lowest BCUT2D eigenvalue weighted by molar-refractivity contribution is 0.0659. The third-order valence-corrected chi connectivity index (χ3v) is 3.74. The van der Waals surface area contributed by atoms with Gasteiger partial charge in [0.2, 0.25) is 5.76 Å². The van der Waals surface area contributed by atoms with Crippen molar-refractivity contribution in [3.8, 4) is 5.75 Å². The third kappa shape index (κ3) is 2.55. The maximum absolute atomic E-state index is 12.1. The number of carboxylic acids is 1. The first-order valence-corrected chi connectivity index (χ1v) is 6.92. The number of amides is 1. The molecule has 114 valence electrons. The summed E-state index contributed by atoms with van der Waals surface area (Å²) >= 11 is 0. The minimum atomic E-state index is -1.20. The fourth-order valence-corrected chi connectivity index (χ4v) is 2.55. The average molecular weight is 301 g/mol. The SMILES string of the molecule is CC(NC(=O)c1ccc(C(=O)O)o1)C1COc2ccccc21. The molecule has 6 heteroatoms. The van der Waals surface area contributed by atoms with Gasteiger partial charge < -0.3 is 19.6 Å². The Morgan fingerprint density at radius 1 is 1.23 bits per heavy atom. The number of fused-ring (bicyclic) bond motifs is 1. The molecule has 22 heavy (non-hydrogen) atoms. The number of carbonyl (C=O) groups is 2. The lowest BCUT2D eigenvalue weighted by Crippen LogP contribution is -2.37. The first-order valence-electron chi connectivity index (χ1n) is 6.92. The number of aromatic carboxylic acids is 1. The van der Waals surface area contributed by atoms with E-state index in [4.69, 9.17) is 14.3 Å². The third-order valence-electron chi connectivity index (χ3n) is 3.74. The van der Waals surface area contributed by atoms with Crippen LogP contribution in [0.5, 0.6) is 5.75 Å². The number of ether oxygens (including phenoxy) is 1. The molecule has 1 amide bonds. The van der Waals surface area contributed by atoms with Crippen molar-refractivity contribution in [3.63, 3.8) is 0 Å². The van der Waals surface area contributed by atoms with Crippen LogP contribution >= 0.6 is 0 Å². The van der Waals surface area contributed by atoms with Crippen molar-refractivity contribution in [2.75, 3.05) is 6.61 Å². The normalized spacial score (nSPS) is 17.4. The monoisotopic (exact) mass is 301 g/mol. The van der Waals surface area contributed by atoms with Gasteiger partial charge in [-0.05, 0) is 25.1 Å². The number of carbonyl (C=O) groups excluding carboxylic acids is 1. The zero-order valence-corrected chi connectivity index (χ0v) is 11.9. The van der Waals surface area contributed by atoms with Gasteiger partial charge in [0.05, 0.1) is 6.61 Å². The molecule has 0 saturated carbocycles. The van der Waals surface area contributed by atoms with Gasteiger partial charge in [0, 0.05) is 17.5 Å². The highest BCUT2D eigenvalue weighted by Gasteiger charge is 2.30. The Morgan fingerprint density at radius 3 is 2.68 bits per heavy atom. The smallest absolute Gasteiger partial charge is 0.371 e. The summed E-state index contributed by atoms with van der Waals surface area (Å²) in [5, 5.41) is 11.6. The lowest BCUT2D eigenvalue weighted by atomic mass is 9.94. The van der Waals surface area contributed by atoms with Crippen molar-refractivity contribution in [3.05, 3.63) is 53.5 Å². The molecule has 1 aliphatic heterocycles. The van der Waals surface area contributed by atoms with E-state index < -0.39 is 11.9 Å². The second kappa shape index (κ2) is 5.55. The van der Waals surface area contributed by atoms with E-state index in [2.05, 4.69) is 5.32 Å². The maximum atomic E-state index is 12.1. The Hall–Kier alpha value is -2.76. The molecule has 2 unspecified atom stereocenters. The van der Waals surface area contributed by atoms with Gasteiger partial charge in [-0.15, -0.1) is 0 Å². The molecule has 3 rings (SSSR count). The predicted octanol–water partition coefficient (Wildman–Crippen LogP) is 2.27. The van der Waals surface area contributed by atoms with Crippen molar-refractivity contribution < 1.29 is 23.8 Å². The van der Waals surface area contributed by atoms with Crippen molar-refractivity contribution >= 4 is 11.9 Å². The van der Waals surface area contributed by atoms with Crippen LogP contribution in [-0.4, -0.2) is 29.6 Å². The highest BCUT2D eigenvalue weighted by molar-refractivity contribution is 5.93. The van der Waals surface area contributed by atoms with E-state index in [0.717, 1.165) is 11.3 Å². The van der Waals surface area contributed by atoms with E-state index in [9.17, 15) is 9.59 Å². The van der Waals surface area contributed by atoms with Gasteiger partial charge in [0.1, 0.15) is 5.75 Å². The van der Waals surface area contributed by atoms with Crippen LogP contribution in [0, 0.1) is 0 Å². The summed E-state index contributed by atoms with van der Waals surface area (Å²) in [5.41, 5.74) is 1.06. The number of carboxylic acid groups (broad SMARTS) is 1. The fraction of sp³-hybridized carbons (Fsp3) is 0.250. The fourth-order valence-electron chi connectivity index (χ4n) is 2.55. The number of furan rings is 1. The van der Waals surface area contributed by atoms with Crippen LogP contribution in [-0.2, 0) is 0 Å². The highest BCUT2D eigenvalue weighted by atomic mass is 16.5. The molecular weight excluding hydrogens is 286 g/mol. The van der Waals surface area contributed by atoms with Crippen LogP contribution in [0.2, 0.25) is 0 Å². The molecule has 2 heterocycles. The molecule has 1 aromatic carbocycles. The average Bonchev–Trinajstić information content (AvgIpc) is 3.14. The molecule has 0 fully saturated rings. The molecule has 2 N–H and O–H groups in total. The van der Waals surface area contributed by atoms with Gasteiger partial charge in [0.15, 0.2) is 5.76 Å². The molecule has 0 bridgehead atoms. The molecule has 2 aromatic rings. The minimum Gasteiger partial charge on any atom is -0.493 e. The largest absolute Gasteiger partial charge is 0.493 e. The molecule has 0 radical (unpaired) electrons. The van der Waals surface area contributed by atoms with E-state index in [0.29, 0.717) is 6.61 Å². The zero-order chi connectivity index (χ0) is 15.7. The van der Waals surface area contributed by atoms with Gasteiger partial charge >= 0.3 is 5.97 Å². The predicted molar refractivity (Wildman–Crippen MR) is 77.3 cm³/mol. The van der Waals surface area contributed by atoms with Crippen LogP contribution in [0.25, 0.3) is 0 Å². The van der Waals surface area contributed by atoms with Crippen molar-refractivity contribution in [1.82, 2.24) is 5.32 Å². The molecule has 6 nitrogen and oxygen atoms in total. The van der Waals surface area contributed by atoms with Crippen LogP contribution in [0.3, 0.4) is 0 Å². The first kappa shape index (κ1) is 14.2. The van der Waals surface area contributed by atoms with Gasteiger partial charge in [-0.3, -0.25) is 4.79 Å². The Morgan fingerprint density at radius 2 is 1.95 bits per heavy atom. The summed E-state index contributed by atoms with van der Waals surface area (Å²) in [6.45, 7) is 2.38. The van der Waals surface area contributed by atoms with E-state index in [-0.39, 0.29) is 23.5 Å². The van der Waals surface area contributed by atoms with E-state index in [1.165, 1.54) is 12.1 Å². The van der Waals surface area contributed by atoms with Gasteiger partial charge in [-0.2, -0.15) is 0 Å². The molecule has 2 atom stereocenters. The Balaban J connectivity index is 1.70. The summed E-state index contributed by atoms with van der Waals surface area (Å²) in [5.74, 6) is -1.03. The van der Waals surface area contributed by atoms with E-state index in [1.54, 1.807) is 0 Å². The number of hydrogen-bond acceptors (Lipinski definition) is 4. The van der Waals surface area contributed by atoms with E-state index in [1.807, 2.05) is 31.2 Å². The summed E-state index contributed by atoms with van der Waals surface area (Å²) in [4.78, 5) is 22.9. The van der Waals surface area contributed by atoms with Gasteiger partial charge in [0.25, 0.3) is 5.91 Å². The molecule has 0 spiro atoms. The van der Waals surface area contributed by atoms with Crippen LogP contribution < -0.4 is 10.1 Å². The standard InChI is InChI=1S/C16H15NO5/c1-9(11-8-21-12-5-3-2-4-10(11)12)17-15(18)13-6-7-14(22-13)16(19)20/h2-7,9,11H,8H2,1H3,(H,17,18)(H,19,20). The van der Waals surface area contributed by atoms with Crippen molar-refractivity contribution in [2.45, 2.75) is 18.9 Å². The number of para-hydroxylation sites is 1. The van der Waals surface area contributed by atoms with Crippen LogP contribution in [0.1, 0.15) is 39.5 Å². The zero-order valence-electron chi connectivity index (χ0n) is 11.9. The molecule has 0 saturated heterocycles. The Kier molecular flexibility index (Phi) is 3.58. The molecule has 1 aliphatic rings. The lowest BCUT2D eigenvalue weighted by Gasteiger charge is -2.19. The maximum Gasteiger partial charge on any atom is 0.371 e. The summed E-state index contributed by atoms with van der Waals surface area (Å²) in [6.07, 6.45) is 0. The Labute approximate surface area is 126 Å². The molecule has 0 aliphatic carbocycles. The number of hydrogen-bond donors (Lipinski definition) is 2. The van der Waals surface area contributed by atoms with Crippen molar-refractivity contribution in [1.29, 1.82) is 0 Å².